The van der Waals surface area contributed by atoms with Crippen LogP contribution in [0.5, 0.6) is 0 Å². The molecular formula is C15H13NO4. The molecule has 1 amide bonds. The molecule has 1 aromatic carbocycles. The van der Waals surface area contributed by atoms with E-state index < -0.39 is 5.97 Å². The van der Waals surface area contributed by atoms with E-state index >= 15 is 0 Å². The average molecular weight is 271 g/mol. The van der Waals surface area contributed by atoms with Crippen molar-refractivity contribution in [1.82, 2.24) is 0 Å². The topological polar surface area (TPSA) is 79.5 Å². The summed E-state index contributed by atoms with van der Waals surface area (Å²) in [5.41, 5.74) is 2.64. The highest BCUT2D eigenvalue weighted by Crippen LogP contribution is 2.17. The molecule has 20 heavy (non-hydrogen) atoms. The number of carbonyl (C=O) groups excluding carboxylic acids is 1. The van der Waals surface area contributed by atoms with E-state index in [4.69, 9.17) is 9.52 Å². The van der Waals surface area contributed by atoms with E-state index in [0.29, 0.717) is 16.8 Å². The highest BCUT2D eigenvalue weighted by atomic mass is 16.4. The smallest absolute Gasteiger partial charge is 0.328 e. The average Bonchev–Trinajstić information content (AvgIpc) is 2.89. The predicted octanol–water partition coefficient (Wildman–Crippen LogP) is 2.94. The molecule has 2 N–H and O–H groups in total. The molecule has 0 saturated carbocycles. The van der Waals surface area contributed by atoms with E-state index in [1.165, 1.54) is 18.6 Å². The van der Waals surface area contributed by atoms with Crippen LogP contribution in [0.3, 0.4) is 0 Å². The molecule has 0 unspecified atom stereocenters. The minimum absolute atomic E-state index is 0.280. The Balaban J connectivity index is 2.20. The molecule has 0 aliphatic rings. The SMILES string of the molecule is Cc1cc(/C=C/C(=O)O)cc(NC(=O)c2ccoc2)c1. The number of amides is 1. The second-order valence-corrected chi connectivity index (χ2v) is 4.27. The molecule has 0 aliphatic carbocycles. The quantitative estimate of drug-likeness (QED) is 0.838. The van der Waals surface area contributed by atoms with Crippen molar-refractivity contribution in [2.75, 3.05) is 5.32 Å². The lowest BCUT2D eigenvalue weighted by Crippen LogP contribution is -2.11. The summed E-state index contributed by atoms with van der Waals surface area (Å²) in [6.07, 6.45) is 5.31. The predicted molar refractivity (Wildman–Crippen MR) is 74.5 cm³/mol. The minimum atomic E-state index is -1.02. The molecule has 5 nitrogen and oxygen atoms in total. The maximum absolute atomic E-state index is 11.9. The van der Waals surface area contributed by atoms with Crippen LogP contribution >= 0.6 is 0 Å². The fraction of sp³-hybridized carbons (Fsp3) is 0.0667. The van der Waals surface area contributed by atoms with Crippen LogP contribution < -0.4 is 5.32 Å². The highest BCUT2D eigenvalue weighted by Gasteiger charge is 2.07. The third kappa shape index (κ3) is 3.58. The molecule has 2 rings (SSSR count). The van der Waals surface area contributed by atoms with Crippen molar-refractivity contribution in [3.05, 3.63) is 59.6 Å². The third-order valence-corrected chi connectivity index (χ3v) is 2.56. The normalized spacial score (nSPS) is 10.7. The van der Waals surface area contributed by atoms with Crippen LogP contribution in [-0.2, 0) is 4.79 Å². The van der Waals surface area contributed by atoms with Crippen molar-refractivity contribution in [1.29, 1.82) is 0 Å². The third-order valence-electron chi connectivity index (χ3n) is 2.56. The van der Waals surface area contributed by atoms with Gasteiger partial charge in [-0.15, -0.1) is 0 Å². The first-order valence-electron chi connectivity index (χ1n) is 5.91. The summed E-state index contributed by atoms with van der Waals surface area (Å²) in [4.78, 5) is 22.4. The van der Waals surface area contributed by atoms with Crippen LogP contribution in [0.4, 0.5) is 5.69 Å². The largest absolute Gasteiger partial charge is 0.478 e. The molecule has 0 aliphatic heterocycles. The van der Waals surface area contributed by atoms with Crippen LogP contribution in [0.15, 0.2) is 47.3 Å². The number of furan rings is 1. The first kappa shape index (κ1) is 13.6. The zero-order valence-corrected chi connectivity index (χ0v) is 10.8. The molecular weight excluding hydrogens is 258 g/mol. The molecule has 2 aromatic rings. The number of aliphatic carboxylic acids is 1. The zero-order chi connectivity index (χ0) is 14.5. The molecule has 0 saturated heterocycles. The van der Waals surface area contributed by atoms with E-state index in [-0.39, 0.29) is 5.91 Å². The number of carboxylic acid groups (broad SMARTS) is 1. The first-order valence-corrected chi connectivity index (χ1v) is 5.91. The van der Waals surface area contributed by atoms with Gasteiger partial charge < -0.3 is 14.8 Å². The van der Waals surface area contributed by atoms with Gasteiger partial charge in [-0.1, -0.05) is 6.07 Å². The lowest BCUT2D eigenvalue weighted by molar-refractivity contribution is -0.131. The molecule has 1 aromatic heterocycles. The summed E-state index contributed by atoms with van der Waals surface area (Å²) < 4.78 is 4.85. The van der Waals surface area contributed by atoms with Gasteiger partial charge in [-0.3, -0.25) is 4.79 Å². The number of anilines is 1. The van der Waals surface area contributed by atoms with E-state index in [2.05, 4.69) is 5.32 Å². The van der Waals surface area contributed by atoms with Gasteiger partial charge >= 0.3 is 5.97 Å². The Kier molecular flexibility index (Phi) is 4.00. The van der Waals surface area contributed by atoms with Crippen molar-refractivity contribution in [2.24, 2.45) is 0 Å². The first-order chi connectivity index (χ1) is 9.54. The van der Waals surface area contributed by atoms with Gasteiger partial charge in [0.1, 0.15) is 6.26 Å². The summed E-state index contributed by atoms with van der Waals surface area (Å²) in [5, 5.41) is 11.3. The van der Waals surface area contributed by atoms with Crippen LogP contribution in [0.25, 0.3) is 6.08 Å². The summed E-state index contributed by atoms with van der Waals surface area (Å²) in [7, 11) is 0. The Hall–Kier alpha value is -2.82. The van der Waals surface area contributed by atoms with E-state index in [1.807, 2.05) is 13.0 Å². The molecule has 5 heteroatoms. The Bertz CT molecular complexity index is 657. The number of carbonyl (C=O) groups is 2. The van der Waals surface area contributed by atoms with Crippen LogP contribution in [0, 0.1) is 6.92 Å². The van der Waals surface area contributed by atoms with Crippen LogP contribution in [0.1, 0.15) is 21.5 Å². The number of carboxylic acids is 1. The van der Waals surface area contributed by atoms with Gasteiger partial charge in [-0.25, -0.2) is 4.79 Å². The lowest BCUT2D eigenvalue weighted by Gasteiger charge is -2.06. The molecule has 0 bridgehead atoms. The van der Waals surface area contributed by atoms with Gasteiger partial charge in [0.15, 0.2) is 0 Å². The summed E-state index contributed by atoms with van der Waals surface area (Å²) in [6, 6.07) is 6.89. The van der Waals surface area contributed by atoms with Crippen molar-refractivity contribution in [3.63, 3.8) is 0 Å². The van der Waals surface area contributed by atoms with Gasteiger partial charge in [0.05, 0.1) is 11.8 Å². The van der Waals surface area contributed by atoms with E-state index in [0.717, 1.165) is 11.6 Å². The lowest BCUT2D eigenvalue weighted by atomic mass is 10.1. The van der Waals surface area contributed by atoms with Crippen molar-refractivity contribution >= 4 is 23.6 Å². The molecule has 0 atom stereocenters. The number of hydrogen-bond donors (Lipinski definition) is 2. The molecule has 102 valence electrons. The number of nitrogens with one attached hydrogen (secondary N) is 1. The number of rotatable bonds is 4. The van der Waals surface area contributed by atoms with Crippen molar-refractivity contribution < 1.29 is 19.1 Å². The Morgan fingerprint density at radius 1 is 1.30 bits per heavy atom. The van der Waals surface area contributed by atoms with Gasteiger partial charge in [0.2, 0.25) is 0 Å². The summed E-state index contributed by atoms with van der Waals surface area (Å²) >= 11 is 0. The number of aryl methyl sites for hydroxylation is 1. The Labute approximate surface area is 115 Å². The van der Waals surface area contributed by atoms with E-state index in [1.54, 1.807) is 18.2 Å². The molecule has 0 fully saturated rings. The van der Waals surface area contributed by atoms with Crippen molar-refractivity contribution in [2.45, 2.75) is 6.92 Å². The van der Waals surface area contributed by atoms with Gasteiger partial charge in [-0.2, -0.15) is 0 Å². The maximum Gasteiger partial charge on any atom is 0.328 e. The zero-order valence-electron chi connectivity index (χ0n) is 10.8. The summed E-state index contributed by atoms with van der Waals surface area (Å²) in [5.74, 6) is -1.30. The second-order valence-electron chi connectivity index (χ2n) is 4.27. The molecule has 0 spiro atoms. The minimum Gasteiger partial charge on any atom is -0.478 e. The van der Waals surface area contributed by atoms with Gasteiger partial charge in [0, 0.05) is 11.8 Å². The van der Waals surface area contributed by atoms with Crippen molar-refractivity contribution in [3.8, 4) is 0 Å². The standard InChI is InChI=1S/C15H13NO4/c1-10-6-11(2-3-14(17)18)8-13(7-10)16-15(19)12-4-5-20-9-12/h2-9H,1H3,(H,16,19)(H,17,18)/b3-2+. The highest BCUT2D eigenvalue weighted by molar-refractivity contribution is 6.04. The van der Waals surface area contributed by atoms with Crippen LogP contribution in [-0.4, -0.2) is 17.0 Å². The second kappa shape index (κ2) is 5.88. The molecule has 1 heterocycles. The fourth-order valence-corrected chi connectivity index (χ4v) is 1.75. The number of hydrogen-bond acceptors (Lipinski definition) is 3. The van der Waals surface area contributed by atoms with Gasteiger partial charge in [0.25, 0.3) is 5.91 Å². The number of benzene rings is 1. The fourth-order valence-electron chi connectivity index (χ4n) is 1.75. The van der Waals surface area contributed by atoms with Gasteiger partial charge in [-0.05, 0) is 42.3 Å². The molecule has 0 radical (unpaired) electrons. The Morgan fingerprint density at radius 3 is 2.75 bits per heavy atom. The van der Waals surface area contributed by atoms with E-state index in [9.17, 15) is 9.59 Å². The maximum atomic E-state index is 11.9. The summed E-state index contributed by atoms with van der Waals surface area (Å²) in [6.45, 7) is 1.87. The Morgan fingerprint density at radius 2 is 2.10 bits per heavy atom. The van der Waals surface area contributed by atoms with Crippen LogP contribution in [0.2, 0.25) is 0 Å². The monoisotopic (exact) mass is 271 g/mol.